The van der Waals surface area contributed by atoms with Crippen LogP contribution in [0.2, 0.25) is 0 Å². The van der Waals surface area contributed by atoms with Crippen molar-refractivity contribution in [2.24, 2.45) is 7.05 Å². The highest BCUT2D eigenvalue weighted by atomic mass is 16.5. The van der Waals surface area contributed by atoms with Crippen LogP contribution in [0, 0.1) is 0 Å². The Hall–Kier alpha value is -1.89. The fourth-order valence-electron chi connectivity index (χ4n) is 1.97. The number of carbonyl (C=O) groups is 1. The molecular formula is C12H19N5O2. The second kappa shape index (κ2) is 5.83. The molecule has 0 aliphatic heterocycles. The number of hydrogen-bond acceptors (Lipinski definition) is 4. The number of aromatic amines is 1. The number of nitrogens with zero attached hydrogens (tertiary/aromatic N) is 3. The first-order chi connectivity index (χ1) is 9.17. The van der Waals surface area contributed by atoms with E-state index in [9.17, 15) is 4.79 Å². The number of amides is 1. The van der Waals surface area contributed by atoms with E-state index < -0.39 is 0 Å². The average molecular weight is 265 g/mol. The van der Waals surface area contributed by atoms with Crippen molar-refractivity contribution in [2.45, 2.75) is 26.7 Å². The molecule has 0 aliphatic rings. The second-order valence-corrected chi connectivity index (χ2v) is 4.22. The minimum absolute atomic E-state index is 0.0927. The van der Waals surface area contributed by atoms with Gasteiger partial charge >= 0.3 is 0 Å². The smallest absolute Gasteiger partial charge is 0.227 e. The number of nitrogens with one attached hydrogen (secondary N) is 2. The number of fused-ring (bicyclic) bond motifs is 1. The molecule has 104 valence electrons. The van der Waals surface area contributed by atoms with Crippen LogP contribution in [-0.2, 0) is 23.0 Å². The van der Waals surface area contributed by atoms with Crippen LogP contribution in [-0.4, -0.2) is 39.1 Å². The number of aryl methyl sites for hydroxylation is 2. The van der Waals surface area contributed by atoms with Crippen LogP contribution < -0.4 is 5.32 Å². The Kier molecular flexibility index (Phi) is 4.16. The summed E-state index contributed by atoms with van der Waals surface area (Å²) in [6.07, 6.45) is 1.12. The Morgan fingerprint density at radius 2 is 2.26 bits per heavy atom. The van der Waals surface area contributed by atoms with Gasteiger partial charge < -0.3 is 10.1 Å². The molecule has 0 fully saturated rings. The molecule has 2 N–H and O–H groups in total. The summed E-state index contributed by atoms with van der Waals surface area (Å²) in [6.45, 7) is 4.96. The summed E-state index contributed by atoms with van der Waals surface area (Å²) in [7, 11) is 1.84. The number of rotatable bonds is 6. The van der Waals surface area contributed by atoms with Gasteiger partial charge in [0.25, 0.3) is 0 Å². The van der Waals surface area contributed by atoms with Crippen LogP contribution in [0.1, 0.15) is 26.0 Å². The molecule has 7 nitrogen and oxygen atoms in total. The quantitative estimate of drug-likeness (QED) is 0.769. The molecule has 1 amide bonds. The molecule has 0 saturated carbocycles. The zero-order chi connectivity index (χ0) is 13.8. The lowest BCUT2D eigenvalue weighted by atomic mass is 10.2. The van der Waals surface area contributed by atoms with E-state index in [1.54, 1.807) is 4.68 Å². The van der Waals surface area contributed by atoms with Gasteiger partial charge in [-0.25, -0.2) is 4.68 Å². The van der Waals surface area contributed by atoms with Crippen LogP contribution in [0.5, 0.6) is 0 Å². The molecule has 2 aromatic rings. The fourth-order valence-corrected chi connectivity index (χ4v) is 1.97. The molecule has 0 unspecified atom stereocenters. The van der Waals surface area contributed by atoms with Gasteiger partial charge in [0.1, 0.15) is 5.82 Å². The predicted octanol–water partition coefficient (Wildman–Crippen LogP) is 1.22. The molecule has 2 aromatic heterocycles. The first kappa shape index (κ1) is 13.5. The molecule has 0 aromatic carbocycles. The molecule has 19 heavy (non-hydrogen) atoms. The van der Waals surface area contributed by atoms with E-state index in [1.165, 1.54) is 0 Å². The first-order valence-electron chi connectivity index (χ1n) is 6.44. The summed E-state index contributed by atoms with van der Waals surface area (Å²) in [6, 6.07) is 0. The van der Waals surface area contributed by atoms with Gasteiger partial charge in [0, 0.05) is 13.7 Å². The van der Waals surface area contributed by atoms with Crippen molar-refractivity contribution in [3.63, 3.8) is 0 Å². The van der Waals surface area contributed by atoms with E-state index in [2.05, 4.69) is 20.6 Å². The van der Waals surface area contributed by atoms with Crippen molar-refractivity contribution in [3.8, 4) is 0 Å². The molecule has 0 bridgehead atoms. The molecule has 2 rings (SSSR count). The van der Waals surface area contributed by atoms with Gasteiger partial charge in [0.2, 0.25) is 5.91 Å². The van der Waals surface area contributed by atoms with Crippen LogP contribution in [0.15, 0.2) is 0 Å². The molecule has 0 saturated heterocycles. The first-order valence-corrected chi connectivity index (χ1v) is 6.44. The number of hydrogen-bond donors (Lipinski definition) is 2. The lowest BCUT2D eigenvalue weighted by molar-refractivity contribution is -0.117. The summed E-state index contributed by atoms with van der Waals surface area (Å²) in [4.78, 5) is 11.8. The summed E-state index contributed by atoms with van der Waals surface area (Å²) < 4.78 is 6.87. The van der Waals surface area contributed by atoms with Gasteiger partial charge in [-0.05, 0) is 13.3 Å². The Morgan fingerprint density at radius 3 is 2.95 bits per heavy atom. The van der Waals surface area contributed by atoms with Crippen molar-refractivity contribution in [1.29, 1.82) is 0 Å². The van der Waals surface area contributed by atoms with Crippen molar-refractivity contribution < 1.29 is 9.53 Å². The number of anilines is 1. The largest absolute Gasteiger partial charge is 0.381 e. The fraction of sp³-hybridized carbons (Fsp3) is 0.583. The van der Waals surface area contributed by atoms with Gasteiger partial charge in [0.05, 0.1) is 24.1 Å². The molecule has 2 heterocycles. The minimum atomic E-state index is -0.0927. The molecule has 0 spiro atoms. The highest BCUT2D eigenvalue weighted by Crippen LogP contribution is 2.24. The van der Waals surface area contributed by atoms with Crippen molar-refractivity contribution in [1.82, 2.24) is 20.0 Å². The van der Waals surface area contributed by atoms with Gasteiger partial charge in [-0.3, -0.25) is 9.89 Å². The van der Waals surface area contributed by atoms with Crippen LogP contribution in [0.4, 0.5) is 5.82 Å². The maximum absolute atomic E-state index is 11.8. The lowest BCUT2D eigenvalue weighted by Gasteiger charge is -2.03. The van der Waals surface area contributed by atoms with E-state index in [-0.39, 0.29) is 5.91 Å². The van der Waals surface area contributed by atoms with Crippen molar-refractivity contribution in [2.75, 3.05) is 18.5 Å². The Labute approximate surface area is 111 Å². The monoisotopic (exact) mass is 265 g/mol. The van der Waals surface area contributed by atoms with Crippen LogP contribution in [0.3, 0.4) is 0 Å². The van der Waals surface area contributed by atoms with Crippen molar-refractivity contribution >= 4 is 22.8 Å². The summed E-state index contributed by atoms with van der Waals surface area (Å²) in [5, 5.41) is 15.1. The normalized spacial score (nSPS) is 11.1. The Balaban J connectivity index is 2.14. The highest BCUT2D eigenvalue weighted by Gasteiger charge is 2.16. The Bertz CT molecular complexity index is 572. The van der Waals surface area contributed by atoms with Crippen molar-refractivity contribution in [3.05, 3.63) is 5.69 Å². The van der Waals surface area contributed by atoms with Gasteiger partial charge in [-0.1, -0.05) is 6.92 Å². The van der Waals surface area contributed by atoms with E-state index in [1.807, 2.05) is 20.9 Å². The minimum Gasteiger partial charge on any atom is -0.381 e. The third-order valence-electron chi connectivity index (χ3n) is 2.89. The second-order valence-electron chi connectivity index (χ2n) is 4.22. The third kappa shape index (κ3) is 2.76. The van der Waals surface area contributed by atoms with Gasteiger partial charge in [0.15, 0.2) is 5.65 Å². The topological polar surface area (TPSA) is 84.8 Å². The molecule has 0 aliphatic carbocycles. The summed E-state index contributed by atoms with van der Waals surface area (Å²) in [5.74, 6) is 0.520. The third-order valence-corrected chi connectivity index (χ3v) is 2.89. The summed E-state index contributed by atoms with van der Waals surface area (Å²) in [5.41, 5.74) is 1.67. The molecule has 0 radical (unpaired) electrons. The molecular weight excluding hydrogens is 246 g/mol. The van der Waals surface area contributed by atoms with E-state index in [0.29, 0.717) is 25.5 Å². The van der Waals surface area contributed by atoms with E-state index in [4.69, 9.17) is 4.74 Å². The van der Waals surface area contributed by atoms with Crippen LogP contribution >= 0.6 is 0 Å². The average Bonchev–Trinajstić information content (AvgIpc) is 2.92. The van der Waals surface area contributed by atoms with Crippen LogP contribution in [0.25, 0.3) is 11.0 Å². The lowest BCUT2D eigenvalue weighted by Crippen LogP contribution is -2.14. The maximum atomic E-state index is 11.8. The predicted molar refractivity (Wildman–Crippen MR) is 72.0 cm³/mol. The number of H-pyrrole nitrogens is 1. The van der Waals surface area contributed by atoms with Gasteiger partial charge in [-0.15, -0.1) is 0 Å². The SMILES string of the molecule is CCOCCC(=O)Nc1[nH]nc2c1c(CC)nn2C. The maximum Gasteiger partial charge on any atom is 0.227 e. The van der Waals surface area contributed by atoms with Gasteiger partial charge in [-0.2, -0.15) is 10.2 Å². The number of carbonyl (C=O) groups excluding carboxylic acids is 1. The molecule has 7 heteroatoms. The van der Waals surface area contributed by atoms with E-state index >= 15 is 0 Å². The molecule has 0 atom stereocenters. The Morgan fingerprint density at radius 1 is 1.47 bits per heavy atom. The van der Waals surface area contributed by atoms with E-state index in [0.717, 1.165) is 23.1 Å². The highest BCUT2D eigenvalue weighted by molar-refractivity contribution is 5.99. The number of aromatic nitrogens is 4. The summed E-state index contributed by atoms with van der Waals surface area (Å²) >= 11 is 0. The standard InChI is InChI=1S/C12H19N5O2/c1-4-8-10-11(13-9(18)6-7-19-5-2)14-15-12(10)17(3)16-8/h4-7H2,1-3H3,(H2,13,14,15,18). The zero-order valence-electron chi connectivity index (χ0n) is 11.5. The zero-order valence-corrected chi connectivity index (χ0v) is 11.5. The number of ether oxygens (including phenoxy) is 1.